The second-order valence-corrected chi connectivity index (χ2v) is 7.11. The molecular weight excluding hydrogens is 310 g/mol. The number of carbonyl (C=O) groups is 1. The summed E-state index contributed by atoms with van der Waals surface area (Å²) in [4.78, 5) is 18.0. The van der Waals surface area contributed by atoms with Crippen LogP contribution in [0.25, 0.3) is 0 Å². The fourth-order valence-corrected chi connectivity index (χ4v) is 2.53. The third kappa shape index (κ3) is 5.74. The smallest absolute Gasteiger partial charge is 0.266 e. The van der Waals surface area contributed by atoms with Crippen molar-refractivity contribution in [3.8, 4) is 0 Å². The van der Waals surface area contributed by atoms with Gasteiger partial charge >= 0.3 is 0 Å². The fraction of sp³-hybridized carbons (Fsp3) is 0.500. The third-order valence-electron chi connectivity index (χ3n) is 2.38. The van der Waals surface area contributed by atoms with Gasteiger partial charge in [-0.3, -0.25) is 20.5 Å². The number of rotatable bonds is 6. The zero-order valence-corrected chi connectivity index (χ0v) is 14.5. The standard InChI is InChI=1S/C14H22ClN3O2S/c1-6-21-12-8-11(17-20-5)10(15)7-9(12)13(19)16-18-14(2,3)4/h7-8,17-18H,6H2,1-5H3,(H,16,19). The molecule has 0 heterocycles. The Morgan fingerprint density at radius 2 is 2.05 bits per heavy atom. The van der Waals surface area contributed by atoms with Gasteiger partial charge in [-0.05, 0) is 38.7 Å². The van der Waals surface area contributed by atoms with Crippen molar-refractivity contribution in [2.24, 2.45) is 0 Å². The van der Waals surface area contributed by atoms with Gasteiger partial charge in [0.1, 0.15) is 0 Å². The first kappa shape index (κ1) is 18.1. The zero-order chi connectivity index (χ0) is 16.0. The lowest BCUT2D eigenvalue weighted by molar-refractivity contribution is 0.0911. The van der Waals surface area contributed by atoms with Crippen molar-refractivity contribution in [3.05, 3.63) is 22.7 Å². The summed E-state index contributed by atoms with van der Waals surface area (Å²) in [6, 6.07) is 3.45. The average Bonchev–Trinajstić information content (AvgIpc) is 2.39. The maximum Gasteiger partial charge on any atom is 0.266 e. The minimum absolute atomic E-state index is 0.213. The quantitative estimate of drug-likeness (QED) is 0.550. The van der Waals surface area contributed by atoms with Crippen molar-refractivity contribution in [3.63, 3.8) is 0 Å². The number of carbonyl (C=O) groups excluding carboxylic acids is 1. The Balaban J connectivity index is 3.03. The van der Waals surface area contributed by atoms with Crippen LogP contribution < -0.4 is 16.3 Å². The molecule has 1 rings (SSSR count). The lowest BCUT2D eigenvalue weighted by atomic mass is 10.1. The Kier molecular flexibility index (Phi) is 6.80. The highest BCUT2D eigenvalue weighted by molar-refractivity contribution is 7.99. The van der Waals surface area contributed by atoms with Gasteiger partial charge < -0.3 is 0 Å². The highest BCUT2D eigenvalue weighted by atomic mass is 35.5. The van der Waals surface area contributed by atoms with Crippen LogP contribution >= 0.6 is 23.4 Å². The van der Waals surface area contributed by atoms with Crippen LogP contribution in [0.5, 0.6) is 0 Å². The largest absolute Gasteiger partial charge is 0.287 e. The summed E-state index contributed by atoms with van der Waals surface area (Å²) < 4.78 is 0. The van der Waals surface area contributed by atoms with Crippen LogP contribution in [0.15, 0.2) is 17.0 Å². The first-order chi connectivity index (χ1) is 9.78. The van der Waals surface area contributed by atoms with E-state index in [4.69, 9.17) is 16.4 Å². The van der Waals surface area contributed by atoms with Gasteiger partial charge in [0.05, 0.1) is 23.4 Å². The average molecular weight is 332 g/mol. The molecule has 0 radical (unpaired) electrons. The van der Waals surface area contributed by atoms with Gasteiger partial charge in [0.2, 0.25) is 0 Å². The topological polar surface area (TPSA) is 62.4 Å². The molecule has 5 nitrogen and oxygen atoms in total. The summed E-state index contributed by atoms with van der Waals surface area (Å²) >= 11 is 7.73. The monoisotopic (exact) mass is 331 g/mol. The Morgan fingerprint density at radius 1 is 1.38 bits per heavy atom. The molecule has 0 aromatic heterocycles. The minimum Gasteiger partial charge on any atom is -0.287 e. The van der Waals surface area contributed by atoms with Gasteiger partial charge in [-0.1, -0.05) is 18.5 Å². The lowest BCUT2D eigenvalue weighted by Crippen LogP contribution is -2.48. The summed E-state index contributed by atoms with van der Waals surface area (Å²) in [5.41, 5.74) is 9.32. The Morgan fingerprint density at radius 3 is 2.57 bits per heavy atom. The molecule has 0 unspecified atom stereocenters. The van der Waals surface area contributed by atoms with E-state index in [-0.39, 0.29) is 11.4 Å². The molecule has 118 valence electrons. The van der Waals surface area contributed by atoms with E-state index in [9.17, 15) is 4.79 Å². The van der Waals surface area contributed by atoms with Crippen LogP contribution in [0, 0.1) is 0 Å². The number of thioether (sulfide) groups is 1. The molecule has 0 aliphatic rings. The van der Waals surface area contributed by atoms with E-state index in [1.807, 2.05) is 33.8 Å². The minimum atomic E-state index is -0.216. The molecule has 0 saturated carbocycles. The molecule has 1 aromatic rings. The predicted molar refractivity (Wildman–Crippen MR) is 88.8 cm³/mol. The van der Waals surface area contributed by atoms with E-state index in [1.54, 1.807) is 17.8 Å². The number of hydrazine groups is 1. The molecule has 1 amide bonds. The lowest BCUT2D eigenvalue weighted by Gasteiger charge is -2.21. The summed E-state index contributed by atoms with van der Waals surface area (Å²) in [7, 11) is 1.51. The highest BCUT2D eigenvalue weighted by Crippen LogP contribution is 2.32. The van der Waals surface area contributed by atoms with Gasteiger partial charge in [0, 0.05) is 10.4 Å². The van der Waals surface area contributed by atoms with E-state index in [1.165, 1.54) is 7.11 Å². The molecule has 1 aromatic carbocycles. The van der Waals surface area contributed by atoms with Gasteiger partial charge in [-0.25, -0.2) is 5.43 Å². The van der Waals surface area contributed by atoms with Gasteiger partial charge in [-0.2, -0.15) is 0 Å². The number of hydrogen-bond acceptors (Lipinski definition) is 5. The van der Waals surface area contributed by atoms with Gasteiger partial charge in [0.25, 0.3) is 5.91 Å². The summed E-state index contributed by atoms with van der Waals surface area (Å²) in [5, 5.41) is 0.429. The fourth-order valence-electron chi connectivity index (χ4n) is 1.51. The van der Waals surface area contributed by atoms with Crippen LogP contribution in [0.4, 0.5) is 5.69 Å². The molecule has 0 atom stereocenters. The van der Waals surface area contributed by atoms with Crippen LogP contribution in [0.1, 0.15) is 38.1 Å². The number of halogens is 1. The van der Waals surface area contributed by atoms with Gasteiger partial charge in [0.15, 0.2) is 0 Å². The van der Waals surface area contributed by atoms with E-state index in [0.717, 1.165) is 10.6 Å². The normalized spacial score (nSPS) is 11.3. The molecule has 0 fully saturated rings. The Bertz CT molecular complexity index is 504. The number of benzene rings is 1. The Labute approximate surface area is 135 Å². The van der Waals surface area contributed by atoms with E-state index in [2.05, 4.69) is 16.3 Å². The van der Waals surface area contributed by atoms with E-state index >= 15 is 0 Å². The molecule has 0 saturated heterocycles. The van der Waals surface area contributed by atoms with Crippen LogP contribution in [-0.4, -0.2) is 24.3 Å². The molecule has 0 spiro atoms. The SMILES string of the molecule is CCSc1cc(NOC)c(Cl)cc1C(=O)NNC(C)(C)C. The van der Waals surface area contributed by atoms with Crippen LogP contribution in [0.3, 0.4) is 0 Å². The molecule has 3 N–H and O–H groups in total. The number of amides is 1. The first-order valence-corrected chi connectivity index (χ1v) is 7.97. The Hall–Kier alpha value is -0.950. The van der Waals surface area contributed by atoms with Crippen LogP contribution in [-0.2, 0) is 4.84 Å². The number of hydrogen-bond donors (Lipinski definition) is 3. The van der Waals surface area contributed by atoms with Crippen molar-refractivity contribution in [2.75, 3.05) is 18.3 Å². The summed E-state index contributed by atoms with van der Waals surface area (Å²) in [5.74, 6) is 0.632. The van der Waals surface area contributed by atoms with Crippen molar-refractivity contribution in [1.82, 2.24) is 10.9 Å². The molecule has 21 heavy (non-hydrogen) atoms. The molecular formula is C14H22ClN3O2S. The molecule has 7 heteroatoms. The number of nitrogens with one attached hydrogen (secondary N) is 3. The van der Waals surface area contributed by atoms with Crippen molar-refractivity contribution >= 4 is 35.0 Å². The zero-order valence-electron chi connectivity index (χ0n) is 13.0. The van der Waals surface area contributed by atoms with E-state index < -0.39 is 0 Å². The maximum atomic E-state index is 12.3. The second kappa shape index (κ2) is 7.89. The van der Waals surface area contributed by atoms with Crippen LogP contribution in [0.2, 0.25) is 5.02 Å². The first-order valence-electron chi connectivity index (χ1n) is 6.61. The van der Waals surface area contributed by atoms with E-state index in [0.29, 0.717) is 16.3 Å². The third-order valence-corrected chi connectivity index (χ3v) is 3.63. The molecule has 0 aliphatic carbocycles. The van der Waals surface area contributed by atoms with Crippen molar-refractivity contribution in [2.45, 2.75) is 38.1 Å². The number of anilines is 1. The van der Waals surface area contributed by atoms with Gasteiger partial charge in [-0.15, -0.1) is 11.8 Å². The predicted octanol–water partition coefficient (Wildman–Crippen LogP) is 3.46. The second-order valence-electron chi connectivity index (χ2n) is 5.40. The molecule has 0 aliphatic heterocycles. The maximum absolute atomic E-state index is 12.3. The summed E-state index contributed by atoms with van der Waals surface area (Å²) in [6.45, 7) is 7.92. The summed E-state index contributed by atoms with van der Waals surface area (Å²) in [6.07, 6.45) is 0. The molecule has 0 bridgehead atoms. The highest BCUT2D eigenvalue weighted by Gasteiger charge is 2.17. The van der Waals surface area contributed by atoms with Crippen molar-refractivity contribution in [1.29, 1.82) is 0 Å². The van der Waals surface area contributed by atoms with Crippen molar-refractivity contribution < 1.29 is 9.63 Å².